The molecule has 0 atom stereocenters. The van der Waals surface area contributed by atoms with Crippen LogP contribution in [0.4, 0.5) is 5.00 Å². The zero-order chi connectivity index (χ0) is 23.8. The van der Waals surface area contributed by atoms with Gasteiger partial charge in [-0.1, -0.05) is 0 Å². The molecule has 2 heterocycles. The van der Waals surface area contributed by atoms with Crippen LogP contribution in [0.15, 0.2) is 24.5 Å². The molecule has 32 heavy (non-hydrogen) atoms. The van der Waals surface area contributed by atoms with Crippen molar-refractivity contribution in [3.8, 4) is 0 Å². The van der Waals surface area contributed by atoms with Crippen LogP contribution < -0.4 is 10.0 Å². The number of anilines is 1. The number of esters is 2. The van der Waals surface area contributed by atoms with Crippen LogP contribution in [0.3, 0.4) is 0 Å². The topological polar surface area (TPSA) is 129 Å². The van der Waals surface area contributed by atoms with Gasteiger partial charge in [0.2, 0.25) is 0 Å². The minimum Gasteiger partial charge on any atom is -0.619 e. The van der Waals surface area contributed by atoms with E-state index in [-0.39, 0.29) is 28.6 Å². The second kappa shape index (κ2) is 11.2. The van der Waals surface area contributed by atoms with Gasteiger partial charge in [0, 0.05) is 25.2 Å². The van der Waals surface area contributed by atoms with Crippen LogP contribution in [0, 0.1) is 12.1 Å². The number of aromatic nitrogens is 1. The third-order valence-electron chi connectivity index (χ3n) is 4.50. The number of carbonyl (C=O) groups excluding carboxylic acids is 4. The molecule has 2 rings (SSSR count). The number of carbonyl (C=O) groups is 4. The smallest absolute Gasteiger partial charge is 0.341 e. The van der Waals surface area contributed by atoms with Gasteiger partial charge < -0.3 is 24.9 Å². The Morgan fingerprint density at radius 1 is 1.06 bits per heavy atom. The SMILES string of the molecule is CCOC(=O)c1c(NC(=O)COC(=O)c2cc[n+]([O-])cc2)sc(C(=O)N(CC)CC)c1C. The second-order valence-corrected chi connectivity index (χ2v) is 7.55. The fourth-order valence-electron chi connectivity index (χ4n) is 2.84. The number of amides is 2. The summed E-state index contributed by atoms with van der Waals surface area (Å²) in [5.74, 6) is -2.40. The lowest BCUT2D eigenvalue weighted by atomic mass is 10.1. The van der Waals surface area contributed by atoms with Gasteiger partial charge in [-0.15, -0.1) is 11.3 Å². The van der Waals surface area contributed by atoms with Crippen molar-refractivity contribution in [1.82, 2.24) is 4.90 Å². The first kappa shape index (κ1) is 24.8. The van der Waals surface area contributed by atoms with E-state index in [0.29, 0.717) is 28.3 Å². The number of rotatable bonds is 9. The van der Waals surface area contributed by atoms with Gasteiger partial charge in [0.05, 0.1) is 22.6 Å². The minimum atomic E-state index is -0.786. The van der Waals surface area contributed by atoms with Crippen LogP contribution in [0.5, 0.6) is 0 Å². The van der Waals surface area contributed by atoms with E-state index in [1.54, 1.807) is 18.7 Å². The first-order chi connectivity index (χ1) is 15.2. The Bertz CT molecular complexity index is 998. The van der Waals surface area contributed by atoms with Crippen LogP contribution in [-0.4, -0.2) is 55.0 Å². The lowest BCUT2D eigenvalue weighted by Crippen LogP contribution is -2.30. The molecule has 0 unspecified atom stereocenters. The Kier molecular flexibility index (Phi) is 8.71. The first-order valence-corrected chi connectivity index (χ1v) is 10.8. The van der Waals surface area contributed by atoms with Crippen LogP contribution in [0.1, 0.15) is 56.7 Å². The second-order valence-electron chi connectivity index (χ2n) is 6.53. The summed E-state index contributed by atoms with van der Waals surface area (Å²) in [6, 6.07) is 2.53. The number of hydrogen-bond donors (Lipinski definition) is 1. The molecule has 0 fully saturated rings. The summed E-state index contributed by atoms with van der Waals surface area (Å²) >= 11 is 0.966. The molecule has 0 aliphatic rings. The van der Waals surface area contributed by atoms with E-state index in [0.717, 1.165) is 23.7 Å². The summed E-state index contributed by atoms with van der Waals surface area (Å²) in [6.45, 7) is 7.44. The Labute approximate surface area is 189 Å². The summed E-state index contributed by atoms with van der Waals surface area (Å²) in [6.07, 6.45) is 2.26. The highest BCUT2D eigenvalue weighted by atomic mass is 32.1. The highest BCUT2D eigenvalue weighted by Crippen LogP contribution is 2.34. The molecule has 0 radical (unpaired) electrons. The van der Waals surface area contributed by atoms with Crippen LogP contribution in [0.2, 0.25) is 0 Å². The number of ether oxygens (including phenoxy) is 2. The summed E-state index contributed by atoms with van der Waals surface area (Å²) in [5, 5.41) is 13.7. The largest absolute Gasteiger partial charge is 0.619 e. The normalized spacial score (nSPS) is 10.4. The Morgan fingerprint density at radius 3 is 2.25 bits per heavy atom. The summed E-state index contributed by atoms with van der Waals surface area (Å²) in [5.41, 5.74) is 0.610. The summed E-state index contributed by atoms with van der Waals surface area (Å²) in [7, 11) is 0. The van der Waals surface area contributed by atoms with Crippen molar-refractivity contribution >= 4 is 40.1 Å². The number of nitrogens with one attached hydrogen (secondary N) is 1. The van der Waals surface area contributed by atoms with Gasteiger partial charge in [-0.2, -0.15) is 4.73 Å². The van der Waals surface area contributed by atoms with Crippen molar-refractivity contribution in [2.24, 2.45) is 0 Å². The van der Waals surface area contributed by atoms with Crippen molar-refractivity contribution in [3.63, 3.8) is 0 Å². The molecule has 0 aromatic carbocycles. The molecule has 0 aliphatic carbocycles. The zero-order valence-corrected chi connectivity index (χ0v) is 19.1. The van der Waals surface area contributed by atoms with Gasteiger partial charge in [0.25, 0.3) is 11.8 Å². The van der Waals surface area contributed by atoms with Crippen molar-refractivity contribution in [2.45, 2.75) is 27.7 Å². The number of hydrogen-bond acceptors (Lipinski definition) is 8. The van der Waals surface area contributed by atoms with E-state index >= 15 is 0 Å². The van der Waals surface area contributed by atoms with Gasteiger partial charge in [0.15, 0.2) is 19.0 Å². The predicted molar refractivity (Wildman–Crippen MR) is 117 cm³/mol. The van der Waals surface area contributed by atoms with Crippen LogP contribution in [-0.2, 0) is 14.3 Å². The van der Waals surface area contributed by atoms with Crippen molar-refractivity contribution in [3.05, 3.63) is 51.3 Å². The lowest BCUT2D eigenvalue weighted by Gasteiger charge is -2.18. The number of thiophene rings is 1. The minimum absolute atomic E-state index is 0.0927. The van der Waals surface area contributed by atoms with E-state index in [4.69, 9.17) is 9.47 Å². The molecule has 2 aromatic rings. The third-order valence-corrected chi connectivity index (χ3v) is 5.69. The fourth-order valence-corrected chi connectivity index (χ4v) is 4.01. The van der Waals surface area contributed by atoms with E-state index in [9.17, 15) is 24.4 Å². The molecule has 0 spiro atoms. The molecule has 2 amide bonds. The summed E-state index contributed by atoms with van der Waals surface area (Å²) < 4.78 is 10.6. The highest BCUT2D eigenvalue weighted by Gasteiger charge is 2.28. The molecule has 10 nitrogen and oxygen atoms in total. The number of pyridine rings is 1. The Balaban J connectivity index is 2.21. The maximum Gasteiger partial charge on any atom is 0.341 e. The molecule has 11 heteroatoms. The predicted octanol–water partition coefficient (Wildman–Crippen LogP) is 2.14. The molecule has 0 bridgehead atoms. The standard InChI is InChI=1S/C21H25N3O7S/c1-5-23(6-2)19(26)17-13(4)16(21(28)30-7-3)18(32-17)22-15(25)12-31-20(27)14-8-10-24(29)11-9-14/h8-11H,5-7,12H2,1-4H3,(H,22,25). The van der Waals surface area contributed by atoms with Gasteiger partial charge in [-0.05, 0) is 33.3 Å². The maximum absolute atomic E-state index is 12.8. The van der Waals surface area contributed by atoms with E-state index in [1.807, 2.05) is 13.8 Å². The first-order valence-electron chi connectivity index (χ1n) is 9.98. The van der Waals surface area contributed by atoms with Crippen LogP contribution in [0.25, 0.3) is 0 Å². The molecule has 0 saturated carbocycles. The average Bonchev–Trinajstić information content (AvgIpc) is 3.09. The van der Waals surface area contributed by atoms with E-state index in [2.05, 4.69) is 5.32 Å². The van der Waals surface area contributed by atoms with Gasteiger partial charge in [-0.25, -0.2) is 9.59 Å². The van der Waals surface area contributed by atoms with Gasteiger partial charge in [0.1, 0.15) is 5.00 Å². The monoisotopic (exact) mass is 463 g/mol. The average molecular weight is 464 g/mol. The molecule has 0 aliphatic heterocycles. The fraction of sp³-hybridized carbons (Fsp3) is 0.381. The van der Waals surface area contributed by atoms with Crippen molar-refractivity contribution in [1.29, 1.82) is 0 Å². The van der Waals surface area contributed by atoms with Crippen molar-refractivity contribution < 1.29 is 33.4 Å². The van der Waals surface area contributed by atoms with Gasteiger partial charge >= 0.3 is 11.9 Å². The summed E-state index contributed by atoms with van der Waals surface area (Å²) in [4.78, 5) is 51.7. The Morgan fingerprint density at radius 2 is 1.69 bits per heavy atom. The highest BCUT2D eigenvalue weighted by molar-refractivity contribution is 7.18. The van der Waals surface area contributed by atoms with E-state index < -0.39 is 24.5 Å². The molecule has 1 N–H and O–H groups in total. The quantitative estimate of drug-likeness (QED) is 0.343. The Hall–Kier alpha value is -3.47. The molecular formula is C21H25N3O7S. The molecular weight excluding hydrogens is 438 g/mol. The lowest BCUT2D eigenvalue weighted by molar-refractivity contribution is -0.605. The van der Waals surface area contributed by atoms with Crippen LogP contribution >= 0.6 is 11.3 Å². The van der Waals surface area contributed by atoms with Crippen molar-refractivity contribution in [2.75, 3.05) is 31.6 Å². The van der Waals surface area contributed by atoms with E-state index in [1.165, 1.54) is 12.1 Å². The zero-order valence-electron chi connectivity index (χ0n) is 18.3. The molecule has 172 valence electrons. The maximum atomic E-state index is 12.8. The number of nitrogens with zero attached hydrogens (tertiary/aromatic N) is 2. The molecule has 0 saturated heterocycles. The molecule has 2 aromatic heterocycles. The third kappa shape index (κ3) is 5.82. The van der Waals surface area contributed by atoms with Gasteiger partial charge in [-0.3, -0.25) is 9.59 Å².